The van der Waals surface area contributed by atoms with E-state index in [9.17, 15) is 4.79 Å². The molecule has 25 heavy (non-hydrogen) atoms. The zero-order chi connectivity index (χ0) is 17.2. The Morgan fingerprint density at radius 1 is 1.40 bits per heavy atom. The van der Waals surface area contributed by atoms with E-state index >= 15 is 0 Å². The lowest BCUT2D eigenvalue weighted by atomic mass is 10.4. The number of thiophene rings is 1. The maximum Gasteiger partial charge on any atom is 0.233 e. The molecular weight excluding hydrogens is 356 g/mol. The molecule has 3 aromatic heterocycles. The topological polar surface area (TPSA) is 64.2 Å². The third kappa shape index (κ3) is 3.64. The van der Waals surface area contributed by atoms with Crippen molar-refractivity contribution in [1.29, 1.82) is 0 Å². The van der Waals surface area contributed by atoms with Crippen LogP contribution >= 0.6 is 23.1 Å². The lowest BCUT2D eigenvalue weighted by Gasteiger charge is -2.15. The maximum atomic E-state index is 12.4. The number of carbonyl (C=O) groups is 1. The van der Waals surface area contributed by atoms with Crippen LogP contribution in [0.5, 0.6) is 0 Å². The summed E-state index contributed by atoms with van der Waals surface area (Å²) in [6, 6.07) is 8.24. The van der Waals surface area contributed by atoms with Gasteiger partial charge in [0.2, 0.25) is 5.91 Å². The Bertz CT molecular complexity index is 838. The van der Waals surface area contributed by atoms with Crippen LogP contribution in [-0.4, -0.2) is 38.4 Å². The third-order valence-corrected chi connectivity index (χ3v) is 5.84. The lowest BCUT2D eigenvalue weighted by molar-refractivity contribution is -0.127. The Kier molecular flexibility index (Phi) is 4.63. The minimum atomic E-state index is 0.0458. The summed E-state index contributed by atoms with van der Waals surface area (Å²) in [7, 11) is 1.79. The Balaban J connectivity index is 1.43. The van der Waals surface area contributed by atoms with Crippen molar-refractivity contribution in [1.82, 2.24) is 19.7 Å². The van der Waals surface area contributed by atoms with Crippen LogP contribution in [-0.2, 0) is 11.3 Å². The van der Waals surface area contributed by atoms with Gasteiger partial charge < -0.3 is 9.32 Å². The van der Waals surface area contributed by atoms with Crippen molar-refractivity contribution in [3.8, 4) is 10.7 Å². The molecule has 1 amide bonds. The molecule has 0 aromatic carbocycles. The molecule has 1 saturated carbocycles. The largest absolute Gasteiger partial charge is 0.467 e. The molecule has 4 rings (SSSR count). The average molecular weight is 374 g/mol. The molecule has 0 unspecified atom stereocenters. The predicted octanol–water partition coefficient (Wildman–Crippen LogP) is 3.69. The summed E-state index contributed by atoms with van der Waals surface area (Å²) in [6.07, 6.45) is 3.92. The number of rotatable bonds is 7. The van der Waals surface area contributed by atoms with Crippen LogP contribution in [0.15, 0.2) is 45.5 Å². The summed E-state index contributed by atoms with van der Waals surface area (Å²) < 4.78 is 7.49. The molecule has 0 bridgehead atoms. The molecule has 1 aliphatic carbocycles. The number of furan rings is 1. The summed E-state index contributed by atoms with van der Waals surface area (Å²) >= 11 is 3.12. The number of amides is 1. The van der Waals surface area contributed by atoms with E-state index in [1.54, 1.807) is 29.5 Å². The van der Waals surface area contributed by atoms with E-state index in [1.807, 2.05) is 23.6 Å². The molecule has 1 fully saturated rings. The van der Waals surface area contributed by atoms with E-state index in [0.717, 1.165) is 34.5 Å². The van der Waals surface area contributed by atoms with Crippen molar-refractivity contribution in [3.05, 3.63) is 41.7 Å². The minimum Gasteiger partial charge on any atom is -0.467 e. The van der Waals surface area contributed by atoms with Gasteiger partial charge in [0.15, 0.2) is 11.0 Å². The molecule has 8 heteroatoms. The number of aromatic nitrogens is 3. The molecule has 0 N–H and O–H groups in total. The second-order valence-electron chi connectivity index (χ2n) is 6.00. The number of nitrogens with zero attached hydrogens (tertiary/aromatic N) is 4. The third-order valence-electron chi connectivity index (χ3n) is 4.04. The van der Waals surface area contributed by atoms with Gasteiger partial charge in [0.25, 0.3) is 0 Å². The summed E-state index contributed by atoms with van der Waals surface area (Å²) in [5, 5.41) is 11.6. The van der Waals surface area contributed by atoms with E-state index in [-0.39, 0.29) is 5.91 Å². The van der Waals surface area contributed by atoms with E-state index in [1.165, 1.54) is 11.8 Å². The number of hydrogen-bond acceptors (Lipinski definition) is 6. The van der Waals surface area contributed by atoms with E-state index in [4.69, 9.17) is 4.42 Å². The highest BCUT2D eigenvalue weighted by Gasteiger charge is 2.30. The van der Waals surface area contributed by atoms with Crippen molar-refractivity contribution >= 4 is 29.0 Å². The zero-order valence-corrected chi connectivity index (χ0v) is 15.4. The van der Waals surface area contributed by atoms with Crippen LogP contribution in [0.1, 0.15) is 24.6 Å². The monoisotopic (exact) mass is 374 g/mol. The highest BCUT2D eigenvalue weighted by atomic mass is 32.2. The molecule has 0 radical (unpaired) electrons. The second kappa shape index (κ2) is 7.05. The van der Waals surface area contributed by atoms with Gasteiger partial charge in [-0.15, -0.1) is 21.5 Å². The van der Waals surface area contributed by atoms with Gasteiger partial charge in [0.1, 0.15) is 5.76 Å². The molecule has 130 valence electrons. The van der Waals surface area contributed by atoms with Gasteiger partial charge in [-0.25, -0.2) is 0 Å². The van der Waals surface area contributed by atoms with Gasteiger partial charge in [-0.05, 0) is 36.4 Å². The van der Waals surface area contributed by atoms with E-state index < -0.39 is 0 Å². The first kappa shape index (κ1) is 16.4. The SMILES string of the molecule is CN(Cc1ccco1)C(=O)CSc1nnc(-c2cccs2)n1C1CC1. The Hall–Kier alpha value is -2.06. The quantitative estimate of drug-likeness (QED) is 0.590. The van der Waals surface area contributed by atoms with Crippen LogP contribution in [0.2, 0.25) is 0 Å². The molecule has 0 saturated heterocycles. The molecule has 0 aliphatic heterocycles. The van der Waals surface area contributed by atoms with Crippen molar-refractivity contribution in [2.75, 3.05) is 12.8 Å². The molecule has 0 atom stereocenters. The zero-order valence-electron chi connectivity index (χ0n) is 13.8. The number of hydrogen-bond donors (Lipinski definition) is 0. The van der Waals surface area contributed by atoms with Crippen LogP contribution in [0.25, 0.3) is 10.7 Å². The first-order chi connectivity index (χ1) is 12.2. The van der Waals surface area contributed by atoms with Gasteiger partial charge in [0.05, 0.1) is 23.4 Å². The van der Waals surface area contributed by atoms with Gasteiger partial charge in [-0.1, -0.05) is 17.8 Å². The van der Waals surface area contributed by atoms with Crippen molar-refractivity contribution in [3.63, 3.8) is 0 Å². The molecule has 3 heterocycles. The van der Waals surface area contributed by atoms with Crippen LogP contribution in [0, 0.1) is 0 Å². The van der Waals surface area contributed by atoms with Gasteiger partial charge in [-0.2, -0.15) is 0 Å². The molecule has 0 spiro atoms. The number of carbonyl (C=O) groups excluding carboxylic acids is 1. The van der Waals surface area contributed by atoms with Crippen LogP contribution in [0.3, 0.4) is 0 Å². The highest BCUT2D eigenvalue weighted by Crippen LogP contribution is 2.41. The summed E-state index contributed by atoms with van der Waals surface area (Å²) in [6.45, 7) is 0.474. The fourth-order valence-electron chi connectivity index (χ4n) is 2.57. The predicted molar refractivity (Wildman–Crippen MR) is 97.5 cm³/mol. The summed E-state index contributed by atoms with van der Waals surface area (Å²) in [5.74, 6) is 2.08. The molecular formula is C17H18N4O2S2. The van der Waals surface area contributed by atoms with Gasteiger partial charge in [0, 0.05) is 13.1 Å². The average Bonchev–Trinajstić information content (AvgIpc) is 3.04. The first-order valence-electron chi connectivity index (χ1n) is 8.10. The van der Waals surface area contributed by atoms with Crippen molar-refractivity contribution in [2.24, 2.45) is 0 Å². The van der Waals surface area contributed by atoms with Gasteiger partial charge in [-0.3, -0.25) is 9.36 Å². The molecule has 1 aliphatic rings. The minimum absolute atomic E-state index is 0.0458. The smallest absolute Gasteiger partial charge is 0.233 e. The lowest BCUT2D eigenvalue weighted by Crippen LogP contribution is -2.27. The summed E-state index contributed by atoms with van der Waals surface area (Å²) in [5.41, 5.74) is 0. The summed E-state index contributed by atoms with van der Waals surface area (Å²) in [4.78, 5) is 15.2. The Morgan fingerprint density at radius 3 is 2.96 bits per heavy atom. The Morgan fingerprint density at radius 2 is 2.28 bits per heavy atom. The normalized spacial score (nSPS) is 14.0. The Labute approximate surface area is 153 Å². The van der Waals surface area contributed by atoms with E-state index in [2.05, 4.69) is 20.8 Å². The second-order valence-corrected chi connectivity index (χ2v) is 7.89. The van der Waals surface area contributed by atoms with Gasteiger partial charge >= 0.3 is 0 Å². The highest BCUT2D eigenvalue weighted by molar-refractivity contribution is 7.99. The fourth-order valence-corrected chi connectivity index (χ4v) is 4.22. The molecule has 3 aromatic rings. The maximum absolute atomic E-state index is 12.4. The number of thioether (sulfide) groups is 1. The standard InChI is InChI=1S/C17H18N4O2S2/c1-20(10-13-4-2-8-23-13)15(22)11-25-17-19-18-16(14-5-3-9-24-14)21(17)12-6-7-12/h2-5,8-9,12H,6-7,10-11H2,1H3. The van der Waals surface area contributed by atoms with Crippen molar-refractivity contribution in [2.45, 2.75) is 30.6 Å². The fraction of sp³-hybridized carbons (Fsp3) is 0.353. The molecule has 6 nitrogen and oxygen atoms in total. The first-order valence-corrected chi connectivity index (χ1v) is 9.97. The van der Waals surface area contributed by atoms with Crippen LogP contribution in [0.4, 0.5) is 0 Å². The van der Waals surface area contributed by atoms with Crippen molar-refractivity contribution < 1.29 is 9.21 Å². The van der Waals surface area contributed by atoms with E-state index in [0.29, 0.717) is 18.3 Å². The van der Waals surface area contributed by atoms with Crippen LogP contribution < -0.4 is 0 Å².